The highest BCUT2D eigenvalue weighted by Gasteiger charge is 2.30. The summed E-state index contributed by atoms with van der Waals surface area (Å²) in [7, 11) is 0. The summed E-state index contributed by atoms with van der Waals surface area (Å²) in [4.78, 5) is 36.8. The van der Waals surface area contributed by atoms with Crippen molar-refractivity contribution in [3.8, 4) is 5.69 Å². The Balaban J connectivity index is 1.81. The summed E-state index contributed by atoms with van der Waals surface area (Å²) < 4.78 is 39.3. The maximum atomic E-state index is 12.9. The summed E-state index contributed by atoms with van der Waals surface area (Å²) in [6.45, 7) is 0. The van der Waals surface area contributed by atoms with Crippen LogP contribution in [0.2, 0.25) is 5.02 Å². The van der Waals surface area contributed by atoms with Crippen LogP contribution < -0.4 is 16.2 Å². The Morgan fingerprint density at radius 1 is 1.10 bits per heavy atom. The quantitative estimate of drug-likeness (QED) is 0.532. The van der Waals surface area contributed by atoms with E-state index < -0.39 is 29.2 Å². The molecule has 0 aliphatic heterocycles. The highest BCUT2D eigenvalue weighted by Crippen LogP contribution is 2.30. The van der Waals surface area contributed by atoms with Crippen molar-refractivity contribution in [1.29, 1.82) is 0 Å². The van der Waals surface area contributed by atoms with Gasteiger partial charge in [0.15, 0.2) is 0 Å². The summed E-state index contributed by atoms with van der Waals surface area (Å²) in [6.07, 6.45) is -3.55. The van der Waals surface area contributed by atoms with Crippen molar-refractivity contribution in [1.82, 2.24) is 15.1 Å². The zero-order valence-electron chi connectivity index (χ0n) is 15.2. The third kappa shape index (κ3) is 5.12. The van der Waals surface area contributed by atoms with Gasteiger partial charge < -0.3 is 5.32 Å². The predicted molar refractivity (Wildman–Crippen MR) is 110 cm³/mol. The zero-order chi connectivity index (χ0) is 22.8. The molecule has 3 aromatic rings. The normalized spacial score (nSPS) is 11.1. The van der Waals surface area contributed by atoms with Gasteiger partial charge in [0, 0.05) is 0 Å². The first-order chi connectivity index (χ1) is 14.6. The van der Waals surface area contributed by atoms with E-state index >= 15 is 0 Å². The van der Waals surface area contributed by atoms with Crippen LogP contribution in [0.25, 0.3) is 5.69 Å². The third-order valence-electron chi connectivity index (χ3n) is 3.93. The van der Waals surface area contributed by atoms with Gasteiger partial charge in [0.1, 0.15) is 4.47 Å². The minimum atomic E-state index is -4.59. The molecule has 0 atom stereocenters. The van der Waals surface area contributed by atoms with E-state index in [1.165, 1.54) is 18.2 Å². The molecule has 1 aromatic heterocycles. The SMILES string of the molecule is O=C(NC(=O)c1ccccc1Cl)Nc1cnn(-c2cccc(C(F)(F)F)c2)c(=O)c1Br. The minimum absolute atomic E-state index is 0.0662. The first kappa shape index (κ1) is 22.5. The molecule has 0 bridgehead atoms. The Morgan fingerprint density at radius 2 is 1.81 bits per heavy atom. The van der Waals surface area contributed by atoms with Crippen LogP contribution in [0.4, 0.5) is 23.7 Å². The van der Waals surface area contributed by atoms with Crippen LogP contribution in [0, 0.1) is 0 Å². The summed E-state index contributed by atoms with van der Waals surface area (Å²) in [5.74, 6) is -0.774. The second kappa shape index (κ2) is 8.90. The van der Waals surface area contributed by atoms with Gasteiger partial charge in [-0.15, -0.1) is 0 Å². The summed E-state index contributed by atoms with van der Waals surface area (Å²) in [5.41, 5.74) is -1.93. The Kier molecular flexibility index (Phi) is 6.46. The Morgan fingerprint density at radius 3 is 2.48 bits per heavy atom. The Hall–Kier alpha value is -3.18. The number of nitrogens with one attached hydrogen (secondary N) is 2. The highest BCUT2D eigenvalue weighted by molar-refractivity contribution is 9.10. The van der Waals surface area contributed by atoms with Crippen LogP contribution in [-0.2, 0) is 6.18 Å². The lowest BCUT2D eigenvalue weighted by Gasteiger charge is -2.12. The van der Waals surface area contributed by atoms with Crippen LogP contribution in [0.1, 0.15) is 15.9 Å². The fraction of sp³-hybridized carbons (Fsp3) is 0.0526. The number of alkyl halides is 3. The number of urea groups is 1. The lowest BCUT2D eigenvalue weighted by molar-refractivity contribution is -0.137. The second-order valence-corrected chi connectivity index (χ2v) is 7.23. The number of imide groups is 1. The molecule has 0 fully saturated rings. The van der Waals surface area contributed by atoms with Gasteiger partial charge in [0.25, 0.3) is 11.5 Å². The van der Waals surface area contributed by atoms with Crippen LogP contribution >= 0.6 is 27.5 Å². The summed E-state index contributed by atoms with van der Waals surface area (Å²) >= 11 is 8.89. The number of halogens is 5. The molecule has 0 saturated carbocycles. The first-order valence-corrected chi connectivity index (χ1v) is 9.57. The average Bonchev–Trinajstić information content (AvgIpc) is 2.71. The van der Waals surface area contributed by atoms with Gasteiger partial charge in [-0.2, -0.15) is 23.0 Å². The number of benzene rings is 2. The minimum Gasteiger partial charge on any atom is -0.305 e. The molecule has 3 amide bonds. The molecule has 7 nitrogen and oxygen atoms in total. The number of aromatic nitrogens is 2. The zero-order valence-corrected chi connectivity index (χ0v) is 17.5. The molecule has 0 aliphatic rings. The molecule has 0 aliphatic carbocycles. The number of rotatable bonds is 3. The highest BCUT2D eigenvalue weighted by atomic mass is 79.9. The topological polar surface area (TPSA) is 93.1 Å². The smallest absolute Gasteiger partial charge is 0.305 e. The Bertz CT molecular complexity index is 1230. The van der Waals surface area contributed by atoms with E-state index in [1.54, 1.807) is 12.1 Å². The largest absolute Gasteiger partial charge is 0.416 e. The van der Waals surface area contributed by atoms with Gasteiger partial charge in [-0.1, -0.05) is 29.8 Å². The number of carbonyl (C=O) groups is 2. The number of hydrogen-bond donors (Lipinski definition) is 2. The van der Waals surface area contributed by atoms with Crippen LogP contribution in [0.15, 0.2) is 64.0 Å². The van der Waals surface area contributed by atoms with E-state index in [4.69, 9.17) is 11.6 Å². The molecule has 0 radical (unpaired) electrons. The van der Waals surface area contributed by atoms with Crippen molar-refractivity contribution in [2.75, 3.05) is 5.32 Å². The van der Waals surface area contributed by atoms with Crippen molar-refractivity contribution < 1.29 is 22.8 Å². The fourth-order valence-electron chi connectivity index (χ4n) is 2.49. The van der Waals surface area contributed by atoms with Gasteiger partial charge in [-0.25, -0.2) is 4.79 Å². The molecule has 0 unspecified atom stereocenters. The Labute approximate surface area is 186 Å². The molecule has 1 heterocycles. The molecule has 3 rings (SSSR count). The molecule has 31 heavy (non-hydrogen) atoms. The van der Waals surface area contributed by atoms with E-state index in [0.29, 0.717) is 0 Å². The number of carbonyl (C=O) groups excluding carboxylic acids is 2. The van der Waals surface area contributed by atoms with E-state index in [2.05, 4.69) is 26.3 Å². The monoisotopic (exact) mass is 514 g/mol. The summed E-state index contributed by atoms with van der Waals surface area (Å²) in [6, 6.07) is 9.14. The van der Waals surface area contributed by atoms with E-state index in [0.717, 1.165) is 29.1 Å². The van der Waals surface area contributed by atoms with Gasteiger partial charge in [-0.3, -0.25) is 14.9 Å². The molecule has 0 saturated heterocycles. The van der Waals surface area contributed by atoms with Crippen molar-refractivity contribution in [3.05, 3.63) is 85.7 Å². The van der Waals surface area contributed by atoms with Crippen molar-refractivity contribution in [3.63, 3.8) is 0 Å². The van der Waals surface area contributed by atoms with Crippen molar-refractivity contribution >= 4 is 45.2 Å². The van der Waals surface area contributed by atoms with Crippen LogP contribution in [0.5, 0.6) is 0 Å². The van der Waals surface area contributed by atoms with Crippen molar-refractivity contribution in [2.45, 2.75) is 6.18 Å². The molecular formula is C19H11BrClF3N4O3. The third-order valence-corrected chi connectivity index (χ3v) is 5.03. The van der Waals surface area contributed by atoms with E-state index in [-0.39, 0.29) is 26.4 Å². The molecule has 2 aromatic carbocycles. The second-order valence-electron chi connectivity index (χ2n) is 6.03. The first-order valence-electron chi connectivity index (χ1n) is 8.40. The summed E-state index contributed by atoms with van der Waals surface area (Å²) in [5, 5.41) is 8.25. The van der Waals surface area contributed by atoms with Crippen LogP contribution in [-0.4, -0.2) is 21.7 Å². The number of anilines is 1. The van der Waals surface area contributed by atoms with Gasteiger partial charge in [0.2, 0.25) is 0 Å². The molecule has 160 valence electrons. The van der Waals surface area contributed by atoms with E-state index in [1.807, 2.05) is 5.32 Å². The van der Waals surface area contributed by atoms with Crippen molar-refractivity contribution in [2.24, 2.45) is 0 Å². The van der Waals surface area contributed by atoms with Gasteiger partial charge in [-0.05, 0) is 46.3 Å². The van der Waals surface area contributed by atoms with E-state index in [9.17, 15) is 27.6 Å². The molecule has 0 spiro atoms. The van der Waals surface area contributed by atoms with Gasteiger partial charge >= 0.3 is 12.2 Å². The predicted octanol–water partition coefficient (Wildman–Crippen LogP) is 4.63. The average molecular weight is 516 g/mol. The van der Waals surface area contributed by atoms with Crippen LogP contribution in [0.3, 0.4) is 0 Å². The lowest BCUT2D eigenvalue weighted by atomic mass is 10.2. The number of nitrogens with zero attached hydrogens (tertiary/aromatic N) is 2. The molecule has 2 N–H and O–H groups in total. The number of amides is 3. The lowest BCUT2D eigenvalue weighted by Crippen LogP contribution is -2.35. The maximum Gasteiger partial charge on any atom is 0.416 e. The van der Waals surface area contributed by atoms with Gasteiger partial charge in [0.05, 0.1) is 33.7 Å². The fourth-order valence-corrected chi connectivity index (χ4v) is 3.08. The number of hydrogen-bond acceptors (Lipinski definition) is 4. The standard InChI is InChI=1S/C19H11BrClF3N4O3/c20-15-14(26-18(31)27-16(29)12-6-1-2-7-13(12)21)9-25-28(17(15)30)11-5-3-4-10(8-11)19(22,23)24/h1-9H,(H2,26,27,29,31). The molecule has 12 heteroatoms. The maximum absolute atomic E-state index is 12.9. The molecular weight excluding hydrogens is 505 g/mol.